The minimum Gasteiger partial charge on any atom is -0.354 e. The molecule has 2 aromatic carbocycles. The summed E-state index contributed by atoms with van der Waals surface area (Å²) in [7, 11) is 0. The molecule has 0 fully saturated rings. The molecule has 1 heterocycles. The topological polar surface area (TPSA) is 42.0 Å². The van der Waals surface area contributed by atoms with E-state index in [1.165, 1.54) is 16.7 Å². The minimum absolute atomic E-state index is 0.00647. The van der Waals surface area contributed by atoms with Crippen LogP contribution in [0.15, 0.2) is 66.9 Å². The van der Waals surface area contributed by atoms with Gasteiger partial charge in [-0.25, -0.2) is 0 Å². The number of aryl methyl sites for hydroxylation is 1. The predicted molar refractivity (Wildman–Crippen MR) is 107 cm³/mol. The van der Waals surface area contributed by atoms with Gasteiger partial charge in [-0.15, -0.1) is 0 Å². The van der Waals surface area contributed by atoms with Crippen LogP contribution in [0.5, 0.6) is 0 Å². The summed E-state index contributed by atoms with van der Waals surface area (Å²) in [4.78, 5) is 15.7. The molecule has 1 unspecified atom stereocenters. The van der Waals surface area contributed by atoms with Crippen molar-refractivity contribution < 1.29 is 4.79 Å². The molecule has 0 saturated carbocycles. The van der Waals surface area contributed by atoms with Crippen LogP contribution in [0.2, 0.25) is 0 Å². The van der Waals surface area contributed by atoms with Crippen molar-refractivity contribution in [1.29, 1.82) is 0 Å². The lowest BCUT2D eigenvalue weighted by molar-refractivity contribution is -0.119. The molecular weight excluding hydrogens is 320 g/mol. The van der Waals surface area contributed by atoms with E-state index < -0.39 is 0 Å². The van der Waals surface area contributed by atoms with Crippen molar-refractivity contribution in [3.05, 3.63) is 78.0 Å². The van der Waals surface area contributed by atoms with E-state index in [4.69, 9.17) is 0 Å². The largest absolute Gasteiger partial charge is 0.354 e. The Balaban J connectivity index is 1.71. The van der Waals surface area contributed by atoms with Crippen molar-refractivity contribution >= 4 is 5.91 Å². The Morgan fingerprint density at radius 3 is 2.12 bits per heavy atom. The van der Waals surface area contributed by atoms with E-state index in [9.17, 15) is 4.79 Å². The van der Waals surface area contributed by atoms with Gasteiger partial charge in [0.15, 0.2) is 0 Å². The molecule has 1 aromatic heterocycles. The quantitative estimate of drug-likeness (QED) is 0.723. The zero-order valence-corrected chi connectivity index (χ0v) is 15.5. The maximum Gasteiger partial charge on any atom is 0.217 e. The SMILES string of the molecule is CC(=O)NC(C)Cc1ccc(-c2ccc(-c3ccc(C)cc3)cn2)cc1. The second kappa shape index (κ2) is 7.96. The van der Waals surface area contributed by atoms with E-state index in [1.54, 1.807) is 6.92 Å². The normalized spacial score (nSPS) is 11.8. The van der Waals surface area contributed by atoms with Gasteiger partial charge < -0.3 is 5.32 Å². The predicted octanol–water partition coefficient (Wildman–Crippen LogP) is 4.79. The first-order valence-electron chi connectivity index (χ1n) is 8.91. The summed E-state index contributed by atoms with van der Waals surface area (Å²) in [6.07, 6.45) is 2.74. The number of benzene rings is 2. The summed E-state index contributed by atoms with van der Waals surface area (Å²) in [5, 5.41) is 2.91. The average molecular weight is 344 g/mol. The fraction of sp³-hybridized carbons (Fsp3) is 0.217. The number of hydrogen-bond acceptors (Lipinski definition) is 2. The molecule has 132 valence electrons. The van der Waals surface area contributed by atoms with Crippen molar-refractivity contribution in [2.75, 3.05) is 0 Å². The molecule has 1 N–H and O–H groups in total. The highest BCUT2D eigenvalue weighted by Gasteiger charge is 2.06. The lowest BCUT2D eigenvalue weighted by atomic mass is 10.0. The van der Waals surface area contributed by atoms with Crippen LogP contribution in [0.3, 0.4) is 0 Å². The standard InChI is InChI=1S/C23H24N2O/c1-16-4-8-20(9-5-16)22-12-13-23(24-15-22)21-10-6-19(7-11-21)14-17(2)25-18(3)26/h4-13,15,17H,14H2,1-3H3,(H,25,26). The Morgan fingerprint density at radius 1 is 0.923 bits per heavy atom. The molecule has 3 aromatic rings. The maximum absolute atomic E-state index is 11.1. The van der Waals surface area contributed by atoms with E-state index in [-0.39, 0.29) is 11.9 Å². The molecular formula is C23H24N2O. The summed E-state index contributed by atoms with van der Waals surface area (Å²) in [5.41, 5.74) is 6.81. The van der Waals surface area contributed by atoms with Crippen molar-refractivity contribution in [3.63, 3.8) is 0 Å². The summed E-state index contributed by atoms with van der Waals surface area (Å²) < 4.78 is 0. The molecule has 3 nitrogen and oxygen atoms in total. The first kappa shape index (κ1) is 17.9. The number of hydrogen-bond donors (Lipinski definition) is 1. The van der Waals surface area contributed by atoms with E-state index in [0.717, 1.165) is 23.2 Å². The van der Waals surface area contributed by atoms with Gasteiger partial charge in [0.05, 0.1) is 5.69 Å². The molecule has 0 radical (unpaired) electrons. The molecule has 0 aliphatic rings. The molecule has 0 aliphatic heterocycles. The number of aromatic nitrogens is 1. The van der Waals surface area contributed by atoms with Gasteiger partial charge in [-0.2, -0.15) is 0 Å². The fourth-order valence-electron chi connectivity index (χ4n) is 3.04. The van der Waals surface area contributed by atoms with Crippen molar-refractivity contribution in [1.82, 2.24) is 10.3 Å². The molecule has 1 atom stereocenters. The van der Waals surface area contributed by atoms with Crippen LogP contribution in [0.25, 0.3) is 22.4 Å². The van der Waals surface area contributed by atoms with Gasteiger partial charge in [-0.3, -0.25) is 9.78 Å². The highest BCUT2D eigenvalue weighted by Crippen LogP contribution is 2.23. The number of pyridine rings is 1. The monoisotopic (exact) mass is 344 g/mol. The van der Waals surface area contributed by atoms with E-state index >= 15 is 0 Å². The molecule has 0 bridgehead atoms. The number of nitrogens with one attached hydrogen (secondary N) is 1. The van der Waals surface area contributed by atoms with Crippen LogP contribution in [0.1, 0.15) is 25.0 Å². The Kier molecular flexibility index (Phi) is 5.47. The third kappa shape index (κ3) is 4.57. The summed E-state index contributed by atoms with van der Waals surface area (Å²) >= 11 is 0. The molecule has 0 aliphatic carbocycles. The summed E-state index contributed by atoms with van der Waals surface area (Å²) in [5.74, 6) is 0.00647. The number of carbonyl (C=O) groups is 1. The van der Waals surface area contributed by atoms with Crippen molar-refractivity contribution in [3.8, 4) is 22.4 Å². The van der Waals surface area contributed by atoms with Gasteiger partial charge in [0.2, 0.25) is 5.91 Å². The Labute approximate surface area is 155 Å². The third-order valence-electron chi connectivity index (χ3n) is 4.39. The minimum atomic E-state index is 0.00647. The smallest absolute Gasteiger partial charge is 0.217 e. The van der Waals surface area contributed by atoms with E-state index in [2.05, 4.69) is 77.9 Å². The first-order chi connectivity index (χ1) is 12.5. The van der Waals surface area contributed by atoms with Gasteiger partial charge >= 0.3 is 0 Å². The highest BCUT2D eigenvalue weighted by molar-refractivity contribution is 5.73. The maximum atomic E-state index is 11.1. The molecule has 3 rings (SSSR count). The van der Waals surface area contributed by atoms with Crippen LogP contribution < -0.4 is 5.32 Å². The van der Waals surface area contributed by atoms with Crippen LogP contribution in [-0.2, 0) is 11.2 Å². The summed E-state index contributed by atoms with van der Waals surface area (Å²) in [6.45, 7) is 5.65. The van der Waals surface area contributed by atoms with Gasteiger partial charge in [0.1, 0.15) is 0 Å². The van der Waals surface area contributed by atoms with Crippen LogP contribution in [0, 0.1) is 6.92 Å². The molecule has 26 heavy (non-hydrogen) atoms. The molecule has 3 heteroatoms. The highest BCUT2D eigenvalue weighted by atomic mass is 16.1. The lowest BCUT2D eigenvalue weighted by Gasteiger charge is -2.12. The Bertz CT molecular complexity index is 866. The molecule has 0 spiro atoms. The lowest BCUT2D eigenvalue weighted by Crippen LogP contribution is -2.31. The van der Waals surface area contributed by atoms with Crippen LogP contribution >= 0.6 is 0 Å². The second-order valence-electron chi connectivity index (χ2n) is 6.80. The fourth-order valence-corrected chi connectivity index (χ4v) is 3.04. The Morgan fingerprint density at radius 2 is 1.54 bits per heavy atom. The van der Waals surface area contributed by atoms with Crippen molar-refractivity contribution in [2.24, 2.45) is 0 Å². The van der Waals surface area contributed by atoms with Gasteiger partial charge in [0, 0.05) is 30.3 Å². The third-order valence-corrected chi connectivity index (χ3v) is 4.39. The number of rotatable bonds is 5. The summed E-state index contributed by atoms with van der Waals surface area (Å²) in [6, 6.07) is 21.1. The zero-order valence-electron chi connectivity index (χ0n) is 15.5. The number of amides is 1. The average Bonchev–Trinajstić information content (AvgIpc) is 2.62. The first-order valence-corrected chi connectivity index (χ1v) is 8.91. The Hall–Kier alpha value is -2.94. The van der Waals surface area contributed by atoms with Gasteiger partial charge in [-0.1, -0.05) is 60.2 Å². The van der Waals surface area contributed by atoms with E-state index in [0.29, 0.717) is 0 Å². The second-order valence-corrected chi connectivity index (χ2v) is 6.80. The van der Waals surface area contributed by atoms with Gasteiger partial charge in [0.25, 0.3) is 0 Å². The van der Waals surface area contributed by atoms with Crippen LogP contribution in [0.4, 0.5) is 0 Å². The van der Waals surface area contributed by atoms with E-state index in [1.807, 2.05) is 13.1 Å². The zero-order chi connectivity index (χ0) is 18.5. The molecule has 1 amide bonds. The number of nitrogens with zero attached hydrogens (tertiary/aromatic N) is 1. The van der Waals surface area contributed by atoms with Gasteiger partial charge in [-0.05, 0) is 37.5 Å². The number of carbonyl (C=O) groups excluding carboxylic acids is 1. The van der Waals surface area contributed by atoms with Crippen LogP contribution in [-0.4, -0.2) is 16.9 Å². The van der Waals surface area contributed by atoms with Crippen molar-refractivity contribution in [2.45, 2.75) is 33.2 Å². The molecule has 0 saturated heterocycles.